The van der Waals surface area contributed by atoms with Gasteiger partial charge in [0.05, 0.1) is 6.04 Å². The summed E-state index contributed by atoms with van der Waals surface area (Å²) in [5.41, 5.74) is 0. The van der Waals surface area contributed by atoms with E-state index in [9.17, 15) is 4.79 Å². The minimum absolute atomic E-state index is 0.0664. The second-order valence-corrected chi connectivity index (χ2v) is 8.75. The van der Waals surface area contributed by atoms with Crippen LogP contribution in [0.1, 0.15) is 60.3 Å². The molecule has 0 spiro atoms. The Labute approximate surface area is 179 Å². The molecule has 0 radical (unpaired) electrons. The van der Waals surface area contributed by atoms with Gasteiger partial charge in [0.25, 0.3) is 0 Å². The molecule has 1 unspecified atom stereocenters. The summed E-state index contributed by atoms with van der Waals surface area (Å²) in [5.74, 6) is 1.14. The van der Waals surface area contributed by atoms with Gasteiger partial charge in [0, 0.05) is 58.9 Å². The highest BCUT2D eigenvalue weighted by molar-refractivity contribution is 5.81. The quantitative estimate of drug-likeness (QED) is 0.293. The smallest absolute Gasteiger partial charge is 0.239 e. The number of rotatable bonds is 12. The SMILES string of the molecule is CCNC(=NCCCN(C(C)C)C(C)C)NCCCN1CCCC1C(=O)N(C)C. The van der Waals surface area contributed by atoms with Crippen molar-refractivity contribution in [3.8, 4) is 0 Å². The first kappa shape index (κ1) is 25.7. The fourth-order valence-electron chi connectivity index (χ4n) is 4.06. The van der Waals surface area contributed by atoms with Gasteiger partial charge in [-0.05, 0) is 66.8 Å². The normalized spacial score (nSPS) is 18.1. The molecule has 1 saturated heterocycles. The third-order valence-electron chi connectivity index (χ3n) is 5.52. The van der Waals surface area contributed by atoms with E-state index in [0.29, 0.717) is 12.1 Å². The molecule has 1 amide bonds. The van der Waals surface area contributed by atoms with Gasteiger partial charge in [0.1, 0.15) is 0 Å². The van der Waals surface area contributed by atoms with E-state index in [1.54, 1.807) is 4.90 Å². The van der Waals surface area contributed by atoms with E-state index in [0.717, 1.165) is 70.9 Å². The van der Waals surface area contributed by atoms with Gasteiger partial charge in [-0.25, -0.2) is 0 Å². The Morgan fingerprint density at radius 1 is 1.14 bits per heavy atom. The standard InChI is InChI=1S/C22H46N6O/c1-8-23-22(25-14-11-17-28(18(2)3)19(4)5)24-13-10-16-27-15-9-12-20(27)21(29)26(6)7/h18-20H,8-17H2,1-7H3,(H2,23,24,25). The van der Waals surface area contributed by atoms with Crippen molar-refractivity contribution >= 4 is 11.9 Å². The van der Waals surface area contributed by atoms with E-state index in [4.69, 9.17) is 4.99 Å². The maximum atomic E-state index is 12.3. The van der Waals surface area contributed by atoms with Gasteiger partial charge in [-0.3, -0.25) is 19.6 Å². The number of amides is 1. The van der Waals surface area contributed by atoms with Crippen LogP contribution in [0, 0.1) is 0 Å². The molecule has 0 aromatic heterocycles. The van der Waals surface area contributed by atoms with Crippen molar-refractivity contribution in [2.24, 2.45) is 4.99 Å². The second kappa shape index (κ2) is 13.8. The maximum absolute atomic E-state index is 12.3. The molecular weight excluding hydrogens is 364 g/mol. The Balaban J connectivity index is 2.36. The molecule has 0 aromatic rings. The van der Waals surface area contributed by atoms with E-state index in [1.807, 2.05) is 14.1 Å². The van der Waals surface area contributed by atoms with Crippen LogP contribution in [-0.2, 0) is 4.79 Å². The Morgan fingerprint density at radius 2 is 1.83 bits per heavy atom. The fraction of sp³-hybridized carbons (Fsp3) is 0.909. The highest BCUT2D eigenvalue weighted by atomic mass is 16.2. The van der Waals surface area contributed by atoms with Crippen LogP contribution in [0.4, 0.5) is 0 Å². The van der Waals surface area contributed by atoms with Gasteiger partial charge in [-0.2, -0.15) is 0 Å². The molecule has 1 aliphatic heterocycles. The van der Waals surface area contributed by atoms with Gasteiger partial charge in [-0.15, -0.1) is 0 Å². The number of guanidine groups is 1. The van der Waals surface area contributed by atoms with Crippen LogP contribution in [-0.4, -0.2) is 98.1 Å². The van der Waals surface area contributed by atoms with Crippen molar-refractivity contribution in [3.05, 3.63) is 0 Å². The zero-order valence-corrected chi connectivity index (χ0v) is 20.0. The maximum Gasteiger partial charge on any atom is 0.239 e. The molecule has 0 saturated carbocycles. The molecule has 170 valence electrons. The van der Waals surface area contributed by atoms with Crippen LogP contribution >= 0.6 is 0 Å². The summed E-state index contributed by atoms with van der Waals surface area (Å²) in [4.78, 5) is 23.6. The largest absolute Gasteiger partial charge is 0.357 e. The highest BCUT2D eigenvalue weighted by Gasteiger charge is 2.30. The molecule has 1 heterocycles. The molecular formula is C22H46N6O. The molecule has 0 aromatic carbocycles. The first-order valence-corrected chi connectivity index (χ1v) is 11.5. The molecule has 7 nitrogen and oxygen atoms in total. The van der Waals surface area contributed by atoms with E-state index in [2.05, 4.69) is 55.1 Å². The monoisotopic (exact) mass is 410 g/mol. The van der Waals surface area contributed by atoms with Crippen molar-refractivity contribution in [1.29, 1.82) is 0 Å². The number of aliphatic imine (C=N–C) groups is 1. The van der Waals surface area contributed by atoms with E-state index < -0.39 is 0 Å². The minimum Gasteiger partial charge on any atom is -0.357 e. The van der Waals surface area contributed by atoms with Crippen LogP contribution in [0.2, 0.25) is 0 Å². The summed E-state index contributed by atoms with van der Waals surface area (Å²) in [5, 5.41) is 6.79. The molecule has 1 aliphatic rings. The number of likely N-dealkylation sites (tertiary alicyclic amines) is 1. The van der Waals surface area contributed by atoms with Gasteiger partial charge < -0.3 is 15.5 Å². The average molecular weight is 411 g/mol. The van der Waals surface area contributed by atoms with E-state index >= 15 is 0 Å². The lowest BCUT2D eigenvalue weighted by Gasteiger charge is -2.30. The number of hydrogen-bond acceptors (Lipinski definition) is 4. The van der Waals surface area contributed by atoms with Gasteiger partial charge in [0.2, 0.25) is 5.91 Å². The fourth-order valence-corrected chi connectivity index (χ4v) is 4.06. The van der Waals surface area contributed by atoms with Gasteiger partial charge in [0.15, 0.2) is 5.96 Å². The topological polar surface area (TPSA) is 63.2 Å². The highest BCUT2D eigenvalue weighted by Crippen LogP contribution is 2.18. The van der Waals surface area contributed by atoms with Gasteiger partial charge >= 0.3 is 0 Å². The first-order valence-electron chi connectivity index (χ1n) is 11.5. The van der Waals surface area contributed by atoms with Crippen LogP contribution in [0.3, 0.4) is 0 Å². The van der Waals surface area contributed by atoms with Crippen molar-refractivity contribution in [2.75, 3.05) is 53.4 Å². The van der Waals surface area contributed by atoms with Crippen molar-refractivity contribution in [3.63, 3.8) is 0 Å². The summed E-state index contributed by atoms with van der Waals surface area (Å²) in [6.45, 7) is 16.7. The second-order valence-electron chi connectivity index (χ2n) is 8.75. The lowest BCUT2D eigenvalue weighted by atomic mass is 10.2. The van der Waals surface area contributed by atoms with Crippen LogP contribution in [0.5, 0.6) is 0 Å². The lowest BCUT2D eigenvalue weighted by Crippen LogP contribution is -2.44. The summed E-state index contributed by atoms with van der Waals surface area (Å²) in [7, 11) is 3.70. The zero-order valence-electron chi connectivity index (χ0n) is 20.0. The average Bonchev–Trinajstić information content (AvgIpc) is 3.11. The van der Waals surface area contributed by atoms with Crippen molar-refractivity contribution < 1.29 is 4.79 Å². The molecule has 0 bridgehead atoms. The Bertz CT molecular complexity index is 484. The van der Waals surface area contributed by atoms with Crippen LogP contribution in [0.25, 0.3) is 0 Å². The summed E-state index contributed by atoms with van der Waals surface area (Å²) in [6, 6.07) is 1.20. The van der Waals surface area contributed by atoms with Crippen molar-refractivity contribution in [2.45, 2.75) is 78.4 Å². The molecule has 29 heavy (non-hydrogen) atoms. The number of likely N-dealkylation sites (N-methyl/N-ethyl adjacent to an activating group) is 1. The van der Waals surface area contributed by atoms with Gasteiger partial charge in [-0.1, -0.05) is 0 Å². The number of hydrogen-bond donors (Lipinski definition) is 2. The Hall–Kier alpha value is -1.34. The van der Waals surface area contributed by atoms with E-state index in [-0.39, 0.29) is 11.9 Å². The number of nitrogens with zero attached hydrogens (tertiary/aromatic N) is 4. The first-order chi connectivity index (χ1) is 13.8. The molecule has 1 rings (SSSR count). The predicted molar refractivity (Wildman–Crippen MR) is 123 cm³/mol. The number of nitrogens with one attached hydrogen (secondary N) is 2. The number of carbonyl (C=O) groups is 1. The third-order valence-corrected chi connectivity index (χ3v) is 5.52. The molecule has 7 heteroatoms. The van der Waals surface area contributed by atoms with Crippen molar-refractivity contribution in [1.82, 2.24) is 25.3 Å². The molecule has 1 atom stereocenters. The minimum atomic E-state index is 0.0664. The lowest BCUT2D eigenvalue weighted by molar-refractivity contribution is -0.133. The van der Waals surface area contributed by atoms with Crippen LogP contribution in [0.15, 0.2) is 4.99 Å². The summed E-state index contributed by atoms with van der Waals surface area (Å²) >= 11 is 0. The zero-order chi connectivity index (χ0) is 21.8. The summed E-state index contributed by atoms with van der Waals surface area (Å²) < 4.78 is 0. The van der Waals surface area contributed by atoms with E-state index in [1.165, 1.54) is 0 Å². The molecule has 2 N–H and O–H groups in total. The number of carbonyl (C=O) groups excluding carboxylic acids is 1. The molecule has 0 aliphatic carbocycles. The van der Waals surface area contributed by atoms with Crippen LogP contribution < -0.4 is 10.6 Å². The Morgan fingerprint density at radius 3 is 2.41 bits per heavy atom. The third kappa shape index (κ3) is 9.34. The summed E-state index contributed by atoms with van der Waals surface area (Å²) in [6.07, 6.45) is 4.18. The molecule has 1 fully saturated rings. The predicted octanol–water partition coefficient (Wildman–Crippen LogP) is 1.99. The Kier molecular flexibility index (Phi) is 12.2.